The molecule has 0 atom stereocenters. The smallest absolute Gasteiger partial charge is 0.274 e. The number of carbonyl (C=O) groups excluding carboxylic acids is 1. The predicted molar refractivity (Wildman–Crippen MR) is 52.1 cm³/mol. The third-order valence-corrected chi connectivity index (χ3v) is 2.03. The van der Waals surface area contributed by atoms with Crippen molar-refractivity contribution in [3.8, 4) is 0 Å². The third-order valence-electron chi connectivity index (χ3n) is 2.03. The number of nitro groups is 1. The second kappa shape index (κ2) is 4.83. The Hall–Kier alpha value is -2.09. The minimum atomic E-state index is -1.40. The van der Waals surface area contributed by atoms with E-state index in [0.29, 0.717) is 17.2 Å². The Morgan fingerprint density at radius 1 is 1.41 bits per heavy atom. The summed E-state index contributed by atoms with van der Waals surface area (Å²) in [6.07, 6.45) is 0. The highest BCUT2D eigenvalue weighted by Gasteiger charge is 2.26. The highest BCUT2D eigenvalue weighted by Crippen LogP contribution is 2.23. The Kier molecular flexibility index (Phi) is 3.69. The largest absolute Gasteiger partial charge is 0.285 e. The summed E-state index contributed by atoms with van der Waals surface area (Å²) < 4.78 is 25.8. The molecule has 0 radical (unpaired) electrons. The first kappa shape index (κ1) is 13.0. The quantitative estimate of drug-likeness (QED) is 0.598. The van der Waals surface area contributed by atoms with Crippen molar-refractivity contribution in [1.82, 2.24) is 5.06 Å². The zero-order valence-electron chi connectivity index (χ0n) is 8.94. The van der Waals surface area contributed by atoms with Gasteiger partial charge >= 0.3 is 0 Å². The molecule has 0 aromatic heterocycles. The van der Waals surface area contributed by atoms with E-state index >= 15 is 0 Å². The van der Waals surface area contributed by atoms with Gasteiger partial charge in [-0.15, -0.1) is 0 Å². The normalized spacial score (nSPS) is 10.1. The first-order chi connectivity index (χ1) is 7.88. The number of hydroxylamine groups is 2. The molecule has 6 nitrogen and oxygen atoms in total. The van der Waals surface area contributed by atoms with E-state index in [4.69, 9.17) is 0 Å². The second-order valence-corrected chi connectivity index (χ2v) is 3.03. The number of benzene rings is 1. The molecule has 1 amide bonds. The number of nitro benzene ring substituents is 1. The fourth-order valence-electron chi connectivity index (χ4n) is 1.11. The fourth-order valence-corrected chi connectivity index (χ4v) is 1.11. The number of hydrogen-bond acceptors (Lipinski definition) is 4. The topological polar surface area (TPSA) is 72.7 Å². The summed E-state index contributed by atoms with van der Waals surface area (Å²) in [5.41, 5.74) is -1.41. The highest BCUT2D eigenvalue weighted by atomic mass is 19.2. The molecule has 1 aromatic rings. The average molecular weight is 246 g/mol. The number of carbonyl (C=O) groups is 1. The van der Waals surface area contributed by atoms with Crippen molar-refractivity contribution in [2.45, 2.75) is 0 Å². The Morgan fingerprint density at radius 3 is 2.41 bits per heavy atom. The number of rotatable bonds is 3. The lowest BCUT2D eigenvalue weighted by atomic mass is 10.1. The lowest BCUT2D eigenvalue weighted by Gasteiger charge is -2.13. The second-order valence-electron chi connectivity index (χ2n) is 3.03. The zero-order valence-corrected chi connectivity index (χ0v) is 8.94. The number of nitrogens with zero attached hydrogens (tertiary/aromatic N) is 2. The minimum absolute atomic E-state index is 0.353. The van der Waals surface area contributed by atoms with E-state index < -0.39 is 33.7 Å². The van der Waals surface area contributed by atoms with E-state index in [1.54, 1.807) is 0 Å². The Balaban J connectivity index is 3.36. The van der Waals surface area contributed by atoms with Crippen LogP contribution in [0.5, 0.6) is 0 Å². The SMILES string of the molecule is CON(C)C(=O)c1cc(F)c(F)cc1[N+](=O)[O-]. The molecule has 17 heavy (non-hydrogen) atoms. The Bertz CT molecular complexity index is 478. The Labute approximate surface area is 94.5 Å². The van der Waals surface area contributed by atoms with Gasteiger partial charge < -0.3 is 0 Å². The summed E-state index contributed by atoms with van der Waals surface area (Å²) in [6, 6.07) is 0.817. The summed E-state index contributed by atoms with van der Waals surface area (Å²) in [5.74, 6) is -3.69. The number of amides is 1. The van der Waals surface area contributed by atoms with Crippen molar-refractivity contribution in [3.63, 3.8) is 0 Å². The monoisotopic (exact) mass is 246 g/mol. The first-order valence-corrected chi connectivity index (χ1v) is 4.34. The molecule has 8 heteroatoms. The van der Waals surface area contributed by atoms with Gasteiger partial charge in [0.25, 0.3) is 11.6 Å². The van der Waals surface area contributed by atoms with Crippen molar-refractivity contribution in [1.29, 1.82) is 0 Å². The van der Waals surface area contributed by atoms with Crippen LogP contribution in [0.15, 0.2) is 12.1 Å². The van der Waals surface area contributed by atoms with Crippen LogP contribution in [0.2, 0.25) is 0 Å². The molecule has 1 rings (SSSR count). The Morgan fingerprint density at radius 2 is 1.94 bits per heavy atom. The van der Waals surface area contributed by atoms with Gasteiger partial charge in [0.2, 0.25) is 0 Å². The zero-order chi connectivity index (χ0) is 13.2. The van der Waals surface area contributed by atoms with E-state index in [-0.39, 0.29) is 0 Å². The lowest BCUT2D eigenvalue weighted by molar-refractivity contribution is -0.385. The molecule has 0 aliphatic heterocycles. The van der Waals surface area contributed by atoms with Crippen LogP contribution >= 0.6 is 0 Å². The van der Waals surface area contributed by atoms with Gasteiger partial charge in [-0.25, -0.2) is 13.8 Å². The van der Waals surface area contributed by atoms with Crippen LogP contribution in [0.3, 0.4) is 0 Å². The maximum Gasteiger partial charge on any atom is 0.285 e. The van der Waals surface area contributed by atoms with Gasteiger partial charge in [-0.3, -0.25) is 19.7 Å². The molecule has 0 heterocycles. The molecular weight excluding hydrogens is 238 g/mol. The fraction of sp³-hybridized carbons (Fsp3) is 0.222. The standard InChI is InChI=1S/C9H8F2N2O4/c1-12(17-2)9(14)5-3-6(10)7(11)4-8(5)13(15)16/h3-4H,1-2H3. The van der Waals surface area contributed by atoms with Gasteiger partial charge in [0, 0.05) is 7.05 Å². The third kappa shape index (κ3) is 2.53. The van der Waals surface area contributed by atoms with Crippen LogP contribution in [0.4, 0.5) is 14.5 Å². The van der Waals surface area contributed by atoms with Crippen LogP contribution in [-0.2, 0) is 4.84 Å². The molecule has 0 spiro atoms. The van der Waals surface area contributed by atoms with Crippen LogP contribution in [0.25, 0.3) is 0 Å². The van der Waals surface area contributed by atoms with Crippen molar-refractivity contribution >= 4 is 11.6 Å². The van der Waals surface area contributed by atoms with Gasteiger partial charge in [-0.2, -0.15) is 0 Å². The molecule has 0 aliphatic carbocycles. The maximum absolute atomic E-state index is 12.9. The molecule has 92 valence electrons. The van der Waals surface area contributed by atoms with E-state index in [2.05, 4.69) is 4.84 Å². The number of halogens is 2. The van der Waals surface area contributed by atoms with Crippen molar-refractivity contribution in [3.05, 3.63) is 39.4 Å². The van der Waals surface area contributed by atoms with Crippen LogP contribution in [-0.4, -0.2) is 30.1 Å². The molecule has 0 bridgehead atoms. The molecule has 1 aromatic carbocycles. The summed E-state index contributed by atoms with van der Waals surface area (Å²) in [6.45, 7) is 0. The van der Waals surface area contributed by atoms with E-state index in [1.165, 1.54) is 7.05 Å². The maximum atomic E-state index is 12.9. The highest BCUT2D eigenvalue weighted by molar-refractivity contribution is 5.97. The molecule has 0 fully saturated rings. The summed E-state index contributed by atoms with van der Waals surface area (Å²) in [7, 11) is 2.34. The summed E-state index contributed by atoms with van der Waals surface area (Å²) in [5, 5.41) is 11.3. The minimum Gasteiger partial charge on any atom is -0.274 e. The van der Waals surface area contributed by atoms with Crippen LogP contribution in [0.1, 0.15) is 10.4 Å². The molecule has 0 aliphatic rings. The van der Waals surface area contributed by atoms with Gasteiger partial charge in [0.1, 0.15) is 5.56 Å². The molecule has 0 N–H and O–H groups in total. The molecule has 0 unspecified atom stereocenters. The van der Waals surface area contributed by atoms with E-state index in [1.807, 2.05) is 0 Å². The van der Waals surface area contributed by atoms with Gasteiger partial charge in [0.15, 0.2) is 11.6 Å². The van der Waals surface area contributed by atoms with E-state index in [9.17, 15) is 23.7 Å². The van der Waals surface area contributed by atoms with E-state index in [0.717, 1.165) is 7.11 Å². The molecular formula is C9H8F2N2O4. The van der Waals surface area contributed by atoms with Gasteiger partial charge in [-0.05, 0) is 6.07 Å². The molecule has 0 saturated carbocycles. The first-order valence-electron chi connectivity index (χ1n) is 4.34. The van der Waals surface area contributed by atoms with Crippen molar-refractivity contribution in [2.75, 3.05) is 14.2 Å². The van der Waals surface area contributed by atoms with Crippen molar-refractivity contribution in [2.24, 2.45) is 0 Å². The molecule has 0 saturated heterocycles. The van der Waals surface area contributed by atoms with Gasteiger partial charge in [-0.1, -0.05) is 0 Å². The average Bonchev–Trinajstić information content (AvgIpc) is 2.29. The van der Waals surface area contributed by atoms with Gasteiger partial charge in [0.05, 0.1) is 18.1 Å². The summed E-state index contributed by atoms with van der Waals surface area (Å²) in [4.78, 5) is 25.7. The number of hydrogen-bond donors (Lipinski definition) is 0. The predicted octanol–water partition coefficient (Wildman–Crippen LogP) is 1.51. The lowest BCUT2D eigenvalue weighted by Crippen LogP contribution is -2.26. The van der Waals surface area contributed by atoms with Crippen LogP contribution < -0.4 is 0 Å². The summed E-state index contributed by atoms with van der Waals surface area (Å²) >= 11 is 0. The van der Waals surface area contributed by atoms with Crippen molar-refractivity contribution < 1.29 is 23.3 Å². The van der Waals surface area contributed by atoms with Crippen LogP contribution in [0, 0.1) is 21.7 Å².